The number of benzene rings is 1. The van der Waals surface area contributed by atoms with Crippen molar-refractivity contribution in [2.45, 2.75) is 0 Å². The molecule has 0 unspecified atom stereocenters. The number of methoxy groups -OCH3 is 1. The number of rotatable bonds is 6. The number of carbonyl (C=O) groups excluding carboxylic acids is 3. The van der Waals surface area contributed by atoms with Crippen molar-refractivity contribution in [3.63, 3.8) is 0 Å². The molecule has 0 saturated heterocycles. The molecular weight excluding hydrogens is 252 g/mol. The quantitative estimate of drug-likeness (QED) is 0.637. The highest BCUT2D eigenvalue weighted by atomic mass is 16.5. The van der Waals surface area contributed by atoms with Gasteiger partial charge in [-0.1, -0.05) is 0 Å². The Bertz CT molecular complexity index is 470. The first kappa shape index (κ1) is 14.5. The van der Waals surface area contributed by atoms with Gasteiger partial charge in [0.15, 0.2) is 0 Å². The Morgan fingerprint density at radius 3 is 2.26 bits per heavy atom. The van der Waals surface area contributed by atoms with E-state index in [1.165, 1.54) is 7.11 Å². The van der Waals surface area contributed by atoms with E-state index >= 15 is 0 Å². The van der Waals surface area contributed by atoms with E-state index in [9.17, 15) is 19.5 Å². The molecule has 2 amide bonds. The molecule has 0 atom stereocenters. The van der Waals surface area contributed by atoms with E-state index in [4.69, 9.17) is 4.74 Å². The van der Waals surface area contributed by atoms with Gasteiger partial charge in [0.1, 0.15) is 5.75 Å². The number of hydrogen-bond donors (Lipinski definition) is 2. The predicted molar refractivity (Wildman–Crippen MR) is 63.3 cm³/mol. The van der Waals surface area contributed by atoms with Gasteiger partial charge in [-0.3, -0.25) is 9.59 Å². The third-order valence-electron chi connectivity index (χ3n) is 2.19. The van der Waals surface area contributed by atoms with Crippen LogP contribution in [0.2, 0.25) is 0 Å². The molecule has 102 valence electrons. The van der Waals surface area contributed by atoms with Gasteiger partial charge in [-0.25, -0.2) is 0 Å². The summed E-state index contributed by atoms with van der Waals surface area (Å²) in [4.78, 5) is 32.9. The Morgan fingerprint density at radius 1 is 1.11 bits per heavy atom. The maximum Gasteiger partial charge on any atom is 0.251 e. The number of carbonyl (C=O) groups is 3. The van der Waals surface area contributed by atoms with Gasteiger partial charge in [0, 0.05) is 5.56 Å². The molecule has 0 aliphatic rings. The highest BCUT2D eigenvalue weighted by Gasteiger charge is 2.07. The predicted octanol–water partition coefficient (Wildman–Crippen LogP) is -1.71. The van der Waals surface area contributed by atoms with Crippen LogP contribution in [0.25, 0.3) is 0 Å². The second kappa shape index (κ2) is 7.00. The monoisotopic (exact) mass is 265 g/mol. The minimum absolute atomic E-state index is 0.307. The van der Waals surface area contributed by atoms with Crippen LogP contribution in [0.1, 0.15) is 10.4 Å². The highest BCUT2D eigenvalue weighted by Crippen LogP contribution is 2.10. The zero-order chi connectivity index (χ0) is 14.3. The largest absolute Gasteiger partial charge is 0.548 e. The normalized spacial score (nSPS) is 9.53. The van der Waals surface area contributed by atoms with Crippen molar-refractivity contribution in [3.05, 3.63) is 29.8 Å². The molecule has 7 nitrogen and oxygen atoms in total. The van der Waals surface area contributed by atoms with Gasteiger partial charge in [0.25, 0.3) is 5.91 Å². The summed E-state index contributed by atoms with van der Waals surface area (Å²) >= 11 is 0. The zero-order valence-electron chi connectivity index (χ0n) is 10.3. The van der Waals surface area contributed by atoms with Crippen molar-refractivity contribution in [2.75, 3.05) is 20.2 Å². The Balaban J connectivity index is 2.42. The van der Waals surface area contributed by atoms with E-state index in [0.29, 0.717) is 11.3 Å². The first-order valence-corrected chi connectivity index (χ1v) is 5.41. The lowest BCUT2D eigenvalue weighted by Crippen LogP contribution is -2.42. The average Bonchev–Trinajstić information content (AvgIpc) is 2.42. The van der Waals surface area contributed by atoms with E-state index < -0.39 is 24.3 Å². The summed E-state index contributed by atoms with van der Waals surface area (Å²) in [5.41, 5.74) is 0.369. The molecule has 0 radical (unpaired) electrons. The van der Waals surface area contributed by atoms with Crippen LogP contribution in [0.3, 0.4) is 0 Å². The van der Waals surface area contributed by atoms with E-state index in [1.807, 2.05) is 0 Å². The zero-order valence-corrected chi connectivity index (χ0v) is 10.3. The number of carboxylic acid groups (broad SMARTS) is 1. The molecule has 0 aromatic heterocycles. The summed E-state index contributed by atoms with van der Waals surface area (Å²) < 4.78 is 4.94. The Hall–Kier alpha value is -2.57. The van der Waals surface area contributed by atoms with Crippen LogP contribution in [0, 0.1) is 0 Å². The van der Waals surface area contributed by atoms with Crippen LogP contribution in [0.15, 0.2) is 24.3 Å². The lowest BCUT2D eigenvalue weighted by atomic mass is 10.2. The maximum atomic E-state index is 11.6. The summed E-state index contributed by atoms with van der Waals surface area (Å²) in [7, 11) is 1.51. The van der Waals surface area contributed by atoms with Crippen molar-refractivity contribution in [3.8, 4) is 5.75 Å². The van der Waals surface area contributed by atoms with Crippen LogP contribution in [-0.2, 0) is 9.59 Å². The van der Waals surface area contributed by atoms with Crippen LogP contribution < -0.4 is 20.5 Å². The molecule has 2 N–H and O–H groups in total. The van der Waals surface area contributed by atoms with Gasteiger partial charge >= 0.3 is 0 Å². The van der Waals surface area contributed by atoms with Crippen molar-refractivity contribution in [2.24, 2.45) is 0 Å². The molecule has 0 aliphatic heterocycles. The fourth-order valence-electron chi connectivity index (χ4n) is 1.24. The second-order valence-corrected chi connectivity index (χ2v) is 3.56. The summed E-state index contributed by atoms with van der Waals surface area (Å²) in [5.74, 6) is -1.82. The molecule has 0 bridgehead atoms. The van der Waals surface area contributed by atoms with Gasteiger partial charge in [0.05, 0.1) is 26.2 Å². The fourth-order valence-corrected chi connectivity index (χ4v) is 1.24. The maximum absolute atomic E-state index is 11.6. The molecule has 0 fully saturated rings. The van der Waals surface area contributed by atoms with Crippen LogP contribution in [-0.4, -0.2) is 38.0 Å². The number of amides is 2. The van der Waals surface area contributed by atoms with E-state index in [-0.39, 0.29) is 6.54 Å². The number of nitrogens with one attached hydrogen (secondary N) is 2. The SMILES string of the molecule is COc1ccc(C(=O)NCC(=O)NCC(=O)[O-])cc1. The minimum atomic E-state index is -1.39. The van der Waals surface area contributed by atoms with Gasteiger partial charge in [-0.2, -0.15) is 0 Å². The first-order chi connectivity index (χ1) is 9.02. The van der Waals surface area contributed by atoms with Crippen molar-refractivity contribution >= 4 is 17.8 Å². The lowest BCUT2D eigenvalue weighted by Gasteiger charge is -2.07. The third kappa shape index (κ3) is 5.07. The molecule has 0 heterocycles. The fraction of sp³-hybridized carbons (Fsp3) is 0.250. The Morgan fingerprint density at radius 2 is 1.74 bits per heavy atom. The minimum Gasteiger partial charge on any atom is -0.548 e. The first-order valence-electron chi connectivity index (χ1n) is 5.41. The molecule has 0 aliphatic carbocycles. The summed E-state index contributed by atoms with van der Waals surface area (Å²) in [6.07, 6.45) is 0. The lowest BCUT2D eigenvalue weighted by molar-refractivity contribution is -0.304. The molecule has 19 heavy (non-hydrogen) atoms. The number of hydrogen-bond acceptors (Lipinski definition) is 5. The van der Waals surface area contributed by atoms with Crippen LogP contribution in [0.5, 0.6) is 5.75 Å². The van der Waals surface area contributed by atoms with Crippen molar-refractivity contribution < 1.29 is 24.2 Å². The van der Waals surface area contributed by atoms with Gasteiger partial charge in [0.2, 0.25) is 5.91 Å². The molecule has 7 heteroatoms. The van der Waals surface area contributed by atoms with E-state index in [2.05, 4.69) is 10.6 Å². The summed E-state index contributed by atoms with van der Waals surface area (Å²) in [5, 5.41) is 14.5. The Kier molecular flexibility index (Phi) is 5.34. The summed E-state index contributed by atoms with van der Waals surface area (Å²) in [6, 6.07) is 6.33. The average molecular weight is 265 g/mol. The van der Waals surface area contributed by atoms with Crippen molar-refractivity contribution in [1.29, 1.82) is 0 Å². The number of carboxylic acids is 1. The topological polar surface area (TPSA) is 108 Å². The van der Waals surface area contributed by atoms with Gasteiger partial charge in [-0.15, -0.1) is 0 Å². The molecule has 1 aromatic rings. The van der Waals surface area contributed by atoms with Gasteiger partial charge in [-0.05, 0) is 24.3 Å². The van der Waals surface area contributed by atoms with Crippen LogP contribution in [0.4, 0.5) is 0 Å². The standard InChI is InChI=1S/C12H14N2O5/c1-19-9-4-2-8(3-5-9)12(18)14-6-10(15)13-7-11(16)17/h2-5H,6-7H2,1H3,(H,13,15)(H,14,18)(H,16,17)/p-1. The van der Waals surface area contributed by atoms with Crippen LogP contribution >= 0.6 is 0 Å². The molecular formula is C12H13N2O5-. The molecule has 1 aromatic carbocycles. The number of aliphatic carboxylic acids is 1. The third-order valence-corrected chi connectivity index (χ3v) is 2.19. The number of ether oxygens (including phenoxy) is 1. The van der Waals surface area contributed by atoms with E-state index in [0.717, 1.165) is 0 Å². The van der Waals surface area contributed by atoms with Crippen molar-refractivity contribution in [1.82, 2.24) is 10.6 Å². The van der Waals surface area contributed by atoms with E-state index in [1.54, 1.807) is 24.3 Å². The molecule has 0 spiro atoms. The Labute approximate surface area is 109 Å². The highest BCUT2D eigenvalue weighted by molar-refractivity contribution is 5.96. The second-order valence-electron chi connectivity index (χ2n) is 3.56. The molecule has 0 saturated carbocycles. The van der Waals surface area contributed by atoms with Gasteiger partial charge < -0.3 is 25.3 Å². The molecule has 1 rings (SSSR count). The summed E-state index contributed by atoms with van der Waals surface area (Å²) in [6.45, 7) is -0.893. The smallest absolute Gasteiger partial charge is 0.251 e.